The van der Waals surface area contributed by atoms with Crippen molar-refractivity contribution in [3.63, 3.8) is 0 Å². The topological polar surface area (TPSA) is 44.4 Å². The summed E-state index contributed by atoms with van der Waals surface area (Å²) < 4.78 is 0. The van der Waals surface area contributed by atoms with Crippen molar-refractivity contribution in [2.45, 2.75) is 58.5 Å². The van der Waals surface area contributed by atoms with Gasteiger partial charge in [-0.25, -0.2) is 0 Å². The van der Waals surface area contributed by atoms with Crippen LogP contribution in [0.1, 0.15) is 46.5 Å². The largest absolute Gasteiger partial charge is 0.353 e. The van der Waals surface area contributed by atoms with E-state index in [0.29, 0.717) is 18.6 Å². The molecule has 4 heteroatoms. The first-order chi connectivity index (χ1) is 8.67. The fourth-order valence-corrected chi connectivity index (χ4v) is 2.64. The average molecular weight is 255 g/mol. The molecule has 18 heavy (non-hydrogen) atoms. The Labute approximate surface area is 111 Å². The summed E-state index contributed by atoms with van der Waals surface area (Å²) in [5, 5.41) is 6.46. The highest BCUT2D eigenvalue weighted by Gasteiger charge is 2.23. The SMILES string of the molecule is CCCC(C)NC(=O)CN(CCC)C1CCNC1. The molecule has 0 aromatic heterocycles. The molecule has 1 saturated heterocycles. The van der Waals surface area contributed by atoms with Gasteiger partial charge in [-0.3, -0.25) is 9.69 Å². The maximum Gasteiger partial charge on any atom is 0.234 e. The molecule has 0 bridgehead atoms. The van der Waals surface area contributed by atoms with Crippen molar-refractivity contribution in [3.8, 4) is 0 Å². The highest BCUT2D eigenvalue weighted by atomic mass is 16.2. The molecule has 0 radical (unpaired) electrons. The van der Waals surface area contributed by atoms with E-state index in [4.69, 9.17) is 0 Å². The van der Waals surface area contributed by atoms with E-state index in [2.05, 4.69) is 36.3 Å². The molecule has 0 saturated carbocycles. The number of amides is 1. The van der Waals surface area contributed by atoms with Crippen LogP contribution in [0.3, 0.4) is 0 Å². The van der Waals surface area contributed by atoms with Gasteiger partial charge in [0.15, 0.2) is 0 Å². The fourth-order valence-electron chi connectivity index (χ4n) is 2.64. The first-order valence-corrected chi connectivity index (χ1v) is 7.41. The Morgan fingerprint density at radius 1 is 1.44 bits per heavy atom. The molecule has 0 spiro atoms. The third-order valence-corrected chi connectivity index (χ3v) is 3.54. The Hall–Kier alpha value is -0.610. The van der Waals surface area contributed by atoms with E-state index in [1.807, 2.05) is 0 Å². The number of nitrogens with zero attached hydrogens (tertiary/aromatic N) is 1. The first kappa shape index (κ1) is 15.4. The second-order valence-corrected chi connectivity index (χ2v) is 5.37. The van der Waals surface area contributed by atoms with Gasteiger partial charge in [-0.15, -0.1) is 0 Å². The standard InChI is InChI=1S/C14H29N3O/c1-4-6-12(3)16-14(18)11-17(9-5-2)13-7-8-15-10-13/h12-13,15H,4-11H2,1-3H3,(H,16,18). The van der Waals surface area contributed by atoms with Gasteiger partial charge in [0, 0.05) is 18.6 Å². The van der Waals surface area contributed by atoms with Crippen LogP contribution >= 0.6 is 0 Å². The van der Waals surface area contributed by atoms with Crippen molar-refractivity contribution >= 4 is 5.91 Å². The fraction of sp³-hybridized carbons (Fsp3) is 0.929. The second-order valence-electron chi connectivity index (χ2n) is 5.37. The number of carbonyl (C=O) groups excluding carboxylic acids is 1. The van der Waals surface area contributed by atoms with Gasteiger partial charge in [0.2, 0.25) is 5.91 Å². The highest BCUT2D eigenvalue weighted by Crippen LogP contribution is 2.09. The van der Waals surface area contributed by atoms with Crippen molar-refractivity contribution in [3.05, 3.63) is 0 Å². The first-order valence-electron chi connectivity index (χ1n) is 7.41. The van der Waals surface area contributed by atoms with Crippen LogP contribution in [-0.4, -0.2) is 49.1 Å². The molecule has 1 heterocycles. The van der Waals surface area contributed by atoms with Crippen LogP contribution in [-0.2, 0) is 4.79 Å². The minimum absolute atomic E-state index is 0.177. The number of carbonyl (C=O) groups is 1. The zero-order chi connectivity index (χ0) is 13.4. The molecule has 2 atom stereocenters. The van der Waals surface area contributed by atoms with Crippen molar-refractivity contribution in [2.24, 2.45) is 0 Å². The predicted molar refractivity (Wildman–Crippen MR) is 75.7 cm³/mol. The molecule has 2 unspecified atom stereocenters. The van der Waals surface area contributed by atoms with Gasteiger partial charge in [-0.1, -0.05) is 20.3 Å². The number of nitrogens with one attached hydrogen (secondary N) is 2. The Morgan fingerprint density at radius 3 is 2.78 bits per heavy atom. The lowest BCUT2D eigenvalue weighted by molar-refractivity contribution is -0.123. The molecular formula is C14H29N3O. The summed E-state index contributed by atoms with van der Waals surface area (Å²) in [6.45, 7) is 10.1. The molecule has 4 nitrogen and oxygen atoms in total. The van der Waals surface area contributed by atoms with Crippen molar-refractivity contribution < 1.29 is 4.79 Å². The van der Waals surface area contributed by atoms with Gasteiger partial charge >= 0.3 is 0 Å². The molecule has 1 fully saturated rings. The zero-order valence-corrected chi connectivity index (χ0v) is 12.2. The van der Waals surface area contributed by atoms with E-state index >= 15 is 0 Å². The maximum atomic E-state index is 12.0. The van der Waals surface area contributed by atoms with E-state index in [1.54, 1.807) is 0 Å². The smallest absolute Gasteiger partial charge is 0.234 e. The Balaban J connectivity index is 2.37. The van der Waals surface area contributed by atoms with Crippen LogP contribution in [0.4, 0.5) is 0 Å². The van der Waals surface area contributed by atoms with E-state index in [1.165, 1.54) is 0 Å². The molecule has 1 rings (SSSR count). The van der Waals surface area contributed by atoms with Crippen LogP contribution in [0, 0.1) is 0 Å². The lowest BCUT2D eigenvalue weighted by atomic mass is 10.2. The molecule has 2 N–H and O–H groups in total. The van der Waals surface area contributed by atoms with Crippen LogP contribution in [0.15, 0.2) is 0 Å². The Morgan fingerprint density at radius 2 is 2.22 bits per heavy atom. The minimum Gasteiger partial charge on any atom is -0.353 e. The lowest BCUT2D eigenvalue weighted by Crippen LogP contribution is -2.46. The number of rotatable bonds is 8. The summed E-state index contributed by atoms with van der Waals surface area (Å²) in [7, 11) is 0. The monoisotopic (exact) mass is 255 g/mol. The third kappa shape index (κ3) is 5.36. The van der Waals surface area contributed by atoms with Gasteiger partial charge < -0.3 is 10.6 Å². The summed E-state index contributed by atoms with van der Waals surface area (Å²) >= 11 is 0. The van der Waals surface area contributed by atoms with Gasteiger partial charge in [0.25, 0.3) is 0 Å². The molecule has 1 amide bonds. The van der Waals surface area contributed by atoms with Crippen LogP contribution < -0.4 is 10.6 Å². The Kier molecular flexibility index (Phi) is 7.28. The van der Waals surface area contributed by atoms with Crippen molar-refractivity contribution in [1.29, 1.82) is 0 Å². The van der Waals surface area contributed by atoms with Crippen LogP contribution in [0.2, 0.25) is 0 Å². The Bertz CT molecular complexity index is 239. The van der Waals surface area contributed by atoms with E-state index in [0.717, 1.165) is 45.3 Å². The molecule has 0 aromatic rings. The molecule has 1 aliphatic rings. The van der Waals surface area contributed by atoms with Crippen molar-refractivity contribution in [2.75, 3.05) is 26.2 Å². The van der Waals surface area contributed by atoms with E-state index < -0.39 is 0 Å². The summed E-state index contributed by atoms with van der Waals surface area (Å²) in [5.74, 6) is 0.177. The summed E-state index contributed by atoms with van der Waals surface area (Å²) in [6, 6.07) is 0.838. The van der Waals surface area contributed by atoms with Crippen molar-refractivity contribution in [1.82, 2.24) is 15.5 Å². The van der Waals surface area contributed by atoms with Gasteiger partial charge in [0.05, 0.1) is 6.54 Å². The lowest BCUT2D eigenvalue weighted by Gasteiger charge is -2.27. The molecular weight excluding hydrogens is 226 g/mol. The van der Waals surface area contributed by atoms with Crippen LogP contribution in [0.5, 0.6) is 0 Å². The normalized spacial score (nSPS) is 21.2. The predicted octanol–water partition coefficient (Wildman–Crippen LogP) is 1.37. The van der Waals surface area contributed by atoms with E-state index in [-0.39, 0.29) is 5.91 Å². The third-order valence-electron chi connectivity index (χ3n) is 3.54. The summed E-state index contributed by atoms with van der Waals surface area (Å²) in [6.07, 6.45) is 4.45. The number of hydrogen-bond acceptors (Lipinski definition) is 3. The summed E-state index contributed by atoms with van der Waals surface area (Å²) in [5.41, 5.74) is 0. The van der Waals surface area contributed by atoms with E-state index in [9.17, 15) is 4.79 Å². The average Bonchev–Trinajstić information content (AvgIpc) is 2.81. The quantitative estimate of drug-likeness (QED) is 0.688. The highest BCUT2D eigenvalue weighted by molar-refractivity contribution is 5.78. The minimum atomic E-state index is 0.177. The van der Waals surface area contributed by atoms with Gasteiger partial charge in [-0.2, -0.15) is 0 Å². The van der Waals surface area contributed by atoms with Gasteiger partial charge in [-0.05, 0) is 39.3 Å². The molecule has 1 aliphatic heterocycles. The van der Waals surface area contributed by atoms with Gasteiger partial charge in [0.1, 0.15) is 0 Å². The van der Waals surface area contributed by atoms with Crippen LogP contribution in [0.25, 0.3) is 0 Å². The summed E-state index contributed by atoms with van der Waals surface area (Å²) in [4.78, 5) is 14.3. The second kappa shape index (κ2) is 8.48. The molecule has 0 aliphatic carbocycles. The molecule has 0 aromatic carbocycles. The number of hydrogen-bond donors (Lipinski definition) is 2. The zero-order valence-electron chi connectivity index (χ0n) is 12.2. The molecule has 106 valence electrons. The maximum absolute atomic E-state index is 12.0.